The normalized spacial score (nSPS) is 24.6. The van der Waals surface area contributed by atoms with Crippen molar-refractivity contribution in [3.63, 3.8) is 0 Å². The molecule has 3 nitrogen and oxygen atoms in total. The number of rotatable bonds is 2. The van der Waals surface area contributed by atoms with Crippen molar-refractivity contribution in [2.45, 2.75) is 18.4 Å². The van der Waals surface area contributed by atoms with Crippen molar-refractivity contribution in [3.05, 3.63) is 29.3 Å². The Morgan fingerprint density at radius 1 is 1.57 bits per heavy atom. The van der Waals surface area contributed by atoms with E-state index in [1.54, 1.807) is 12.1 Å². The molecule has 1 aromatic carbocycles. The number of phenolic OH excluding ortho intramolecular Hbond substituents is 1. The van der Waals surface area contributed by atoms with E-state index in [1.807, 2.05) is 6.07 Å². The fourth-order valence-corrected chi connectivity index (χ4v) is 2.06. The van der Waals surface area contributed by atoms with E-state index >= 15 is 0 Å². The molecule has 1 aliphatic rings. The van der Waals surface area contributed by atoms with Crippen molar-refractivity contribution in [1.29, 1.82) is 0 Å². The number of methoxy groups -OCH3 is 1. The van der Waals surface area contributed by atoms with Gasteiger partial charge >= 0.3 is 0 Å². The zero-order chi connectivity index (χ0) is 10.2. The molecule has 0 spiro atoms. The molecule has 1 unspecified atom stereocenters. The van der Waals surface area contributed by atoms with Gasteiger partial charge in [0.15, 0.2) is 6.29 Å². The Morgan fingerprint density at radius 2 is 2.36 bits per heavy atom. The van der Waals surface area contributed by atoms with Crippen molar-refractivity contribution in [1.82, 2.24) is 0 Å². The third-order valence-electron chi connectivity index (χ3n) is 2.91. The Morgan fingerprint density at radius 3 is 3.00 bits per heavy atom. The summed E-state index contributed by atoms with van der Waals surface area (Å²) in [5.74, 6) is 0.253. The van der Waals surface area contributed by atoms with Crippen LogP contribution in [0.2, 0.25) is 0 Å². The van der Waals surface area contributed by atoms with Gasteiger partial charge < -0.3 is 9.84 Å². The summed E-state index contributed by atoms with van der Waals surface area (Å²) in [6.45, 7) is 0. The molecule has 0 radical (unpaired) electrons. The third kappa shape index (κ3) is 1.06. The maximum absolute atomic E-state index is 11.0. The Kier molecular flexibility index (Phi) is 2.04. The van der Waals surface area contributed by atoms with E-state index in [0.29, 0.717) is 12.8 Å². The van der Waals surface area contributed by atoms with Gasteiger partial charge in [0, 0.05) is 12.7 Å². The van der Waals surface area contributed by atoms with Crippen LogP contribution in [-0.4, -0.2) is 18.5 Å². The minimum absolute atomic E-state index is 0.253. The number of carbonyl (C=O) groups excluding carboxylic acids is 1. The average molecular weight is 192 g/mol. The molecule has 0 amide bonds. The lowest BCUT2D eigenvalue weighted by Crippen LogP contribution is -2.26. The van der Waals surface area contributed by atoms with Crippen LogP contribution in [0.1, 0.15) is 17.5 Å². The summed E-state index contributed by atoms with van der Waals surface area (Å²) in [4.78, 5) is 11.0. The van der Waals surface area contributed by atoms with Gasteiger partial charge in [-0.3, -0.25) is 4.79 Å². The number of hydrogen-bond donors (Lipinski definition) is 1. The first-order valence-corrected chi connectivity index (χ1v) is 4.56. The third-order valence-corrected chi connectivity index (χ3v) is 2.91. The zero-order valence-corrected chi connectivity index (χ0v) is 7.99. The van der Waals surface area contributed by atoms with E-state index < -0.39 is 5.60 Å². The minimum Gasteiger partial charge on any atom is -0.508 e. The van der Waals surface area contributed by atoms with Crippen molar-refractivity contribution >= 4 is 6.29 Å². The minimum atomic E-state index is -0.839. The first kappa shape index (κ1) is 9.21. The largest absolute Gasteiger partial charge is 0.508 e. The molecule has 0 heterocycles. The smallest absolute Gasteiger partial charge is 0.156 e. The second-order valence-corrected chi connectivity index (χ2v) is 3.51. The van der Waals surface area contributed by atoms with Gasteiger partial charge in [-0.1, -0.05) is 12.1 Å². The van der Waals surface area contributed by atoms with Gasteiger partial charge in [-0.05, 0) is 24.5 Å². The van der Waals surface area contributed by atoms with Gasteiger partial charge in [-0.2, -0.15) is 0 Å². The first-order valence-electron chi connectivity index (χ1n) is 4.56. The quantitative estimate of drug-likeness (QED) is 0.720. The highest BCUT2D eigenvalue weighted by atomic mass is 16.5. The number of carbonyl (C=O) groups is 1. The number of phenols is 1. The Hall–Kier alpha value is -1.35. The van der Waals surface area contributed by atoms with Crippen LogP contribution in [0.25, 0.3) is 0 Å². The topological polar surface area (TPSA) is 46.5 Å². The maximum atomic E-state index is 11.0. The molecular weight excluding hydrogens is 180 g/mol. The van der Waals surface area contributed by atoms with E-state index in [0.717, 1.165) is 17.4 Å². The van der Waals surface area contributed by atoms with Crippen molar-refractivity contribution < 1.29 is 14.6 Å². The molecule has 1 N–H and O–H groups in total. The number of ether oxygens (including phenoxy) is 1. The average Bonchev–Trinajstić information content (AvgIpc) is 2.59. The summed E-state index contributed by atoms with van der Waals surface area (Å²) >= 11 is 0. The summed E-state index contributed by atoms with van der Waals surface area (Å²) in [5.41, 5.74) is 0.796. The second-order valence-electron chi connectivity index (χ2n) is 3.51. The molecule has 1 atom stereocenters. The lowest BCUT2D eigenvalue weighted by molar-refractivity contribution is -0.128. The summed E-state index contributed by atoms with van der Waals surface area (Å²) in [6.07, 6.45) is 2.12. The van der Waals surface area contributed by atoms with Crippen LogP contribution >= 0.6 is 0 Å². The molecule has 3 heteroatoms. The van der Waals surface area contributed by atoms with Crippen molar-refractivity contribution in [2.24, 2.45) is 0 Å². The van der Waals surface area contributed by atoms with E-state index in [2.05, 4.69) is 0 Å². The predicted octanol–water partition coefficient (Wildman–Crippen LogP) is 1.38. The molecule has 0 saturated heterocycles. The standard InChI is InChI=1S/C11H12O3/c1-14-11(7-12)6-5-8-9(11)3-2-4-10(8)13/h2-4,7,13H,5-6H2,1H3. The van der Waals surface area contributed by atoms with Crippen LogP contribution in [0.5, 0.6) is 5.75 Å². The van der Waals surface area contributed by atoms with E-state index in [1.165, 1.54) is 7.11 Å². The van der Waals surface area contributed by atoms with Gasteiger partial charge in [-0.15, -0.1) is 0 Å². The van der Waals surface area contributed by atoms with Gasteiger partial charge in [0.2, 0.25) is 0 Å². The van der Waals surface area contributed by atoms with Crippen molar-refractivity contribution in [2.75, 3.05) is 7.11 Å². The van der Waals surface area contributed by atoms with Crippen LogP contribution in [0.15, 0.2) is 18.2 Å². The summed E-state index contributed by atoms with van der Waals surface area (Å²) in [5, 5.41) is 9.58. The van der Waals surface area contributed by atoms with E-state index in [-0.39, 0.29) is 5.75 Å². The number of aldehydes is 1. The highest BCUT2D eigenvalue weighted by molar-refractivity contribution is 5.70. The number of hydrogen-bond acceptors (Lipinski definition) is 3. The fourth-order valence-electron chi connectivity index (χ4n) is 2.06. The van der Waals surface area contributed by atoms with Gasteiger partial charge in [0.1, 0.15) is 11.4 Å². The molecule has 0 bridgehead atoms. The molecule has 0 aliphatic heterocycles. The monoisotopic (exact) mass is 192 g/mol. The Bertz CT molecular complexity index is 373. The Labute approximate surface area is 82.3 Å². The number of fused-ring (bicyclic) bond motifs is 1. The zero-order valence-electron chi connectivity index (χ0n) is 7.99. The molecule has 1 aliphatic carbocycles. The SMILES string of the molecule is COC1(C=O)CCc2c(O)cccc21. The van der Waals surface area contributed by atoms with Crippen LogP contribution in [0.3, 0.4) is 0 Å². The predicted molar refractivity (Wildman–Crippen MR) is 51.2 cm³/mol. The second kappa shape index (κ2) is 3.10. The lowest BCUT2D eigenvalue weighted by atomic mass is 9.97. The lowest BCUT2D eigenvalue weighted by Gasteiger charge is -2.21. The van der Waals surface area contributed by atoms with Gasteiger partial charge in [0.05, 0.1) is 0 Å². The van der Waals surface area contributed by atoms with Crippen LogP contribution in [0.4, 0.5) is 0 Å². The molecule has 0 saturated carbocycles. The molecule has 14 heavy (non-hydrogen) atoms. The summed E-state index contributed by atoms with van der Waals surface area (Å²) < 4.78 is 5.25. The van der Waals surface area contributed by atoms with Crippen molar-refractivity contribution in [3.8, 4) is 5.75 Å². The molecule has 0 aromatic heterocycles. The maximum Gasteiger partial charge on any atom is 0.156 e. The first-order chi connectivity index (χ1) is 6.73. The van der Waals surface area contributed by atoms with Gasteiger partial charge in [0.25, 0.3) is 0 Å². The number of benzene rings is 1. The van der Waals surface area contributed by atoms with Crippen LogP contribution < -0.4 is 0 Å². The molecular formula is C11H12O3. The Balaban J connectivity index is 2.59. The van der Waals surface area contributed by atoms with Crippen LogP contribution in [0, 0.1) is 0 Å². The molecule has 1 aromatic rings. The van der Waals surface area contributed by atoms with E-state index in [9.17, 15) is 9.90 Å². The van der Waals surface area contributed by atoms with E-state index in [4.69, 9.17) is 4.74 Å². The van der Waals surface area contributed by atoms with Crippen LogP contribution in [-0.2, 0) is 21.6 Å². The highest BCUT2D eigenvalue weighted by Crippen LogP contribution is 2.41. The molecule has 74 valence electrons. The summed E-state index contributed by atoms with van der Waals surface area (Å²) in [6, 6.07) is 5.20. The number of aromatic hydroxyl groups is 1. The summed E-state index contributed by atoms with van der Waals surface area (Å²) in [7, 11) is 1.52. The van der Waals surface area contributed by atoms with Gasteiger partial charge in [-0.25, -0.2) is 0 Å². The fraction of sp³-hybridized carbons (Fsp3) is 0.364. The molecule has 2 rings (SSSR count). The molecule has 0 fully saturated rings. The highest BCUT2D eigenvalue weighted by Gasteiger charge is 2.39.